The molecule has 88 valence electrons. The van der Waals surface area contributed by atoms with Gasteiger partial charge in [0.2, 0.25) is 5.91 Å². The fourth-order valence-corrected chi connectivity index (χ4v) is 1.20. The largest absolute Gasteiger partial charge is 0.480 e. The lowest BCUT2D eigenvalue weighted by atomic mass is 10.0. The zero-order valence-corrected chi connectivity index (χ0v) is 9.56. The van der Waals surface area contributed by atoms with Crippen LogP contribution in [0, 0.1) is 5.92 Å². The van der Waals surface area contributed by atoms with Crippen molar-refractivity contribution in [3.63, 3.8) is 0 Å². The Morgan fingerprint density at radius 1 is 1.40 bits per heavy atom. The van der Waals surface area contributed by atoms with Crippen LogP contribution in [0.15, 0.2) is 0 Å². The summed E-state index contributed by atoms with van der Waals surface area (Å²) in [5, 5.41) is 8.65. The SMILES string of the molecule is CCCN(CC(=O)O)C(=O)[C@H](N)C(C)C. The average Bonchev–Trinajstić information content (AvgIpc) is 2.14. The Morgan fingerprint density at radius 2 is 1.93 bits per heavy atom. The fraction of sp³-hybridized carbons (Fsp3) is 0.800. The number of carbonyl (C=O) groups is 2. The van der Waals surface area contributed by atoms with E-state index in [-0.39, 0.29) is 18.4 Å². The third-order valence-corrected chi connectivity index (χ3v) is 2.13. The maximum atomic E-state index is 11.7. The topological polar surface area (TPSA) is 83.6 Å². The van der Waals surface area contributed by atoms with Gasteiger partial charge in [-0.1, -0.05) is 20.8 Å². The van der Waals surface area contributed by atoms with Crippen molar-refractivity contribution in [2.45, 2.75) is 33.2 Å². The van der Waals surface area contributed by atoms with Crippen LogP contribution in [0.25, 0.3) is 0 Å². The summed E-state index contributed by atoms with van der Waals surface area (Å²) in [6.45, 7) is 5.74. The molecule has 5 heteroatoms. The minimum atomic E-state index is -1.01. The van der Waals surface area contributed by atoms with Crippen LogP contribution in [-0.4, -0.2) is 41.0 Å². The van der Waals surface area contributed by atoms with E-state index in [1.165, 1.54) is 4.90 Å². The van der Waals surface area contributed by atoms with Crippen LogP contribution >= 0.6 is 0 Å². The zero-order chi connectivity index (χ0) is 12.0. The Morgan fingerprint density at radius 3 is 2.27 bits per heavy atom. The van der Waals surface area contributed by atoms with E-state index in [0.717, 1.165) is 6.42 Å². The summed E-state index contributed by atoms with van der Waals surface area (Å²) in [5.74, 6) is -1.27. The number of hydrogen-bond acceptors (Lipinski definition) is 3. The van der Waals surface area contributed by atoms with Crippen LogP contribution in [-0.2, 0) is 9.59 Å². The molecule has 3 N–H and O–H groups in total. The minimum absolute atomic E-state index is 0.0191. The maximum Gasteiger partial charge on any atom is 0.323 e. The van der Waals surface area contributed by atoms with Gasteiger partial charge in [0.25, 0.3) is 0 Å². The van der Waals surface area contributed by atoms with Gasteiger partial charge < -0.3 is 15.7 Å². The second-order valence-corrected chi connectivity index (χ2v) is 3.92. The van der Waals surface area contributed by atoms with Crippen molar-refractivity contribution in [1.29, 1.82) is 0 Å². The highest BCUT2D eigenvalue weighted by atomic mass is 16.4. The van der Waals surface area contributed by atoms with E-state index >= 15 is 0 Å². The molecule has 0 heterocycles. The molecule has 0 spiro atoms. The first kappa shape index (κ1) is 13.9. The average molecular weight is 216 g/mol. The molecule has 1 amide bonds. The number of carboxylic acids is 1. The van der Waals surface area contributed by atoms with Gasteiger partial charge in [0.1, 0.15) is 6.54 Å². The van der Waals surface area contributed by atoms with Crippen molar-refractivity contribution >= 4 is 11.9 Å². The summed E-state index contributed by atoms with van der Waals surface area (Å²) in [7, 11) is 0. The van der Waals surface area contributed by atoms with Crippen molar-refractivity contribution in [3.05, 3.63) is 0 Å². The molecule has 0 aromatic carbocycles. The van der Waals surface area contributed by atoms with Gasteiger partial charge in [-0.25, -0.2) is 0 Å². The second-order valence-electron chi connectivity index (χ2n) is 3.92. The molecule has 0 fully saturated rings. The number of aliphatic carboxylic acids is 1. The van der Waals surface area contributed by atoms with E-state index in [4.69, 9.17) is 10.8 Å². The predicted molar refractivity (Wildman–Crippen MR) is 57.3 cm³/mol. The minimum Gasteiger partial charge on any atom is -0.480 e. The summed E-state index contributed by atoms with van der Waals surface area (Å²) in [6.07, 6.45) is 0.726. The molecule has 0 saturated heterocycles. The molecule has 0 radical (unpaired) electrons. The molecule has 0 aliphatic rings. The van der Waals surface area contributed by atoms with Gasteiger partial charge in [-0.2, -0.15) is 0 Å². The first-order valence-corrected chi connectivity index (χ1v) is 5.16. The predicted octanol–water partition coefficient (Wildman–Crippen LogP) is 0.293. The number of hydrogen-bond donors (Lipinski definition) is 2. The van der Waals surface area contributed by atoms with Gasteiger partial charge in [-0.15, -0.1) is 0 Å². The molecule has 0 aliphatic carbocycles. The van der Waals surface area contributed by atoms with E-state index in [2.05, 4.69) is 0 Å². The second kappa shape index (κ2) is 6.40. The highest BCUT2D eigenvalue weighted by Crippen LogP contribution is 2.04. The molecule has 0 rings (SSSR count). The fourth-order valence-electron chi connectivity index (χ4n) is 1.20. The maximum absolute atomic E-state index is 11.7. The standard InChI is InChI=1S/C10H20N2O3/c1-4-5-12(6-8(13)14)10(15)9(11)7(2)3/h7,9H,4-6,11H2,1-3H3,(H,13,14)/t9-/m1/s1. The summed E-state index contributed by atoms with van der Waals surface area (Å²) in [4.78, 5) is 23.6. The summed E-state index contributed by atoms with van der Waals surface area (Å²) in [6, 6.07) is -0.615. The van der Waals surface area contributed by atoms with Crippen LogP contribution in [0.2, 0.25) is 0 Å². The Bertz CT molecular complexity index is 229. The molecule has 0 bridgehead atoms. The van der Waals surface area contributed by atoms with Gasteiger partial charge in [0, 0.05) is 6.54 Å². The smallest absolute Gasteiger partial charge is 0.323 e. The number of nitrogens with zero attached hydrogens (tertiary/aromatic N) is 1. The van der Waals surface area contributed by atoms with Gasteiger partial charge in [-0.05, 0) is 12.3 Å². The van der Waals surface area contributed by atoms with E-state index in [0.29, 0.717) is 6.54 Å². The van der Waals surface area contributed by atoms with Crippen molar-refractivity contribution in [2.24, 2.45) is 11.7 Å². The number of rotatable bonds is 6. The van der Waals surface area contributed by atoms with Crippen LogP contribution in [0.3, 0.4) is 0 Å². The molecule has 0 aliphatic heterocycles. The number of carbonyl (C=O) groups excluding carboxylic acids is 1. The molecule has 0 unspecified atom stereocenters. The van der Waals surface area contributed by atoms with Gasteiger partial charge in [0.05, 0.1) is 6.04 Å². The lowest BCUT2D eigenvalue weighted by molar-refractivity contribution is -0.145. The van der Waals surface area contributed by atoms with Crippen molar-refractivity contribution in [1.82, 2.24) is 4.90 Å². The number of nitrogens with two attached hydrogens (primary N) is 1. The highest BCUT2D eigenvalue weighted by Gasteiger charge is 2.24. The first-order chi connectivity index (χ1) is 6.90. The van der Waals surface area contributed by atoms with Gasteiger partial charge in [-0.3, -0.25) is 9.59 Å². The quantitative estimate of drug-likeness (QED) is 0.668. The van der Waals surface area contributed by atoms with E-state index in [1.54, 1.807) is 0 Å². The van der Waals surface area contributed by atoms with Crippen LogP contribution in [0.4, 0.5) is 0 Å². The lowest BCUT2D eigenvalue weighted by Gasteiger charge is -2.25. The summed E-state index contributed by atoms with van der Waals surface area (Å²) < 4.78 is 0. The van der Waals surface area contributed by atoms with Crippen molar-refractivity contribution in [3.8, 4) is 0 Å². The van der Waals surface area contributed by atoms with Crippen molar-refractivity contribution in [2.75, 3.05) is 13.1 Å². The third kappa shape index (κ3) is 4.78. The molecular weight excluding hydrogens is 196 g/mol. The lowest BCUT2D eigenvalue weighted by Crippen LogP contribution is -2.48. The highest BCUT2D eigenvalue weighted by molar-refractivity contribution is 5.85. The summed E-state index contributed by atoms with van der Waals surface area (Å²) >= 11 is 0. The molecule has 1 atom stereocenters. The third-order valence-electron chi connectivity index (χ3n) is 2.13. The number of carboxylic acid groups (broad SMARTS) is 1. The van der Waals surface area contributed by atoms with Gasteiger partial charge in [0.15, 0.2) is 0 Å². The van der Waals surface area contributed by atoms with E-state index in [1.807, 2.05) is 20.8 Å². The number of amides is 1. The van der Waals surface area contributed by atoms with Crippen LogP contribution < -0.4 is 5.73 Å². The van der Waals surface area contributed by atoms with E-state index in [9.17, 15) is 9.59 Å². The van der Waals surface area contributed by atoms with E-state index < -0.39 is 12.0 Å². The van der Waals surface area contributed by atoms with Crippen LogP contribution in [0.1, 0.15) is 27.2 Å². The first-order valence-electron chi connectivity index (χ1n) is 5.16. The molecule has 0 aromatic rings. The van der Waals surface area contributed by atoms with Crippen LogP contribution in [0.5, 0.6) is 0 Å². The Labute approximate surface area is 90.2 Å². The molecule has 0 saturated carbocycles. The monoisotopic (exact) mass is 216 g/mol. The Kier molecular flexibility index (Phi) is 5.93. The molecular formula is C10H20N2O3. The van der Waals surface area contributed by atoms with Gasteiger partial charge >= 0.3 is 5.97 Å². The normalized spacial score (nSPS) is 12.6. The Hall–Kier alpha value is -1.10. The zero-order valence-electron chi connectivity index (χ0n) is 9.56. The Balaban J connectivity index is 4.47. The molecule has 0 aromatic heterocycles. The molecule has 15 heavy (non-hydrogen) atoms. The van der Waals surface area contributed by atoms with Crippen molar-refractivity contribution < 1.29 is 14.7 Å². The molecule has 5 nitrogen and oxygen atoms in total. The summed E-state index contributed by atoms with van der Waals surface area (Å²) in [5.41, 5.74) is 5.68.